The normalized spacial score (nSPS) is 28.4. The molecule has 0 saturated carbocycles. The fourth-order valence-electron chi connectivity index (χ4n) is 3.69. The molecule has 0 spiro atoms. The first kappa shape index (κ1) is 17.2. The van der Waals surface area contributed by atoms with E-state index in [4.69, 9.17) is 4.74 Å². The lowest BCUT2D eigenvalue weighted by Crippen LogP contribution is -2.53. The van der Waals surface area contributed by atoms with E-state index in [1.165, 1.54) is 38.9 Å². The maximum Gasteiger partial charge on any atom is 0.0829 e. The van der Waals surface area contributed by atoms with Gasteiger partial charge in [-0.2, -0.15) is 0 Å². The Morgan fingerprint density at radius 1 is 1.38 bits per heavy atom. The van der Waals surface area contributed by atoms with Gasteiger partial charge in [0.2, 0.25) is 0 Å². The molecule has 0 bridgehead atoms. The van der Waals surface area contributed by atoms with E-state index in [-0.39, 0.29) is 0 Å². The van der Waals surface area contributed by atoms with E-state index >= 15 is 0 Å². The first-order valence-electron chi connectivity index (χ1n) is 8.97. The van der Waals surface area contributed by atoms with Crippen molar-refractivity contribution in [3.8, 4) is 0 Å². The molecule has 2 unspecified atom stereocenters. The summed E-state index contributed by atoms with van der Waals surface area (Å²) in [5, 5.41) is 3.55. The van der Waals surface area contributed by atoms with Crippen molar-refractivity contribution in [3.05, 3.63) is 0 Å². The van der Waals surface area contributed by atoms with E-state index in [0.717, 1.165) is 38.7 Å². The van der Waals surface area contributed by atoms with E-state index in [2.05, 4.69) is 35.9 Å². The molecule has 2 rings (SSSR count). The molecule has 0 amide bonds. The number of rotatable bonds is 7. The second kappa shape index (κ2) is 9.09. The summed E-state index contributed by atoms with van der Waals surface area (Å²) in [6.45, 7) is 15.9. The molecule has 0 aromatic rings. The van der Waals surface area contributed by atoms with Gasteiger partial charge in [0.15, 0.2) is 0 Å². The van der Waals surface area contributed by atoms with E-state index < -0.39 is 0 Å². The van der Waals surface area contributed by atoms with E-state index in [1.54, 1.807) is 0 Å². The van der Waals surface area contributed by atoms with Crippen LogP contribution >= 0.6 is 0 Å². The molecule has 1 N–H and O–H groups in total. The minimum atomic E-state index is 0.394. The van der Waals surface area contributed by atoms with Crippen LogP contribution in [0.2, 0.25) is 0 Å². The Labute approximate surface area is 131 Å². The van der Waals surface area contributed by atoms with Crippen LogP contribution in [0, 0.1) is 5.92 Å². The van der Waals surface area contributed by atoms with E-state index in [1.807, 2.05) is 0 Å². The highest BCUT2D eigenvalue weighted by molar-refractivity contribution is 4.82. The fraction of sp³-hybridized carbons (Fsp3) is 1.00. The predicted octanol–water partition coefficient (Wildman–Crippen LogP) is 1.81. The van der Waals surface area contributed by atoms with Crippen molar-refractivity contribution >= 4 is 0 Å². The zero-order chi connectivity index (χ0) is 15.1. The molecule has 21 heavy (non-hydrogen) atoms. The van der Waals surface area contributed by atoms with Crippen LogP contribution < -0.4 is 5.32 Å². The summed E-state index contributed by atoms with van der Waals surface area (Å²) in [4.78, 5) is 5.26. The molecular weight excluding hydrogens is 262 g/mol. The van der Waals surface area contributed by atoms with Crippen LogP contribution in [-0.4, -0.2) is 74.4 Å². The molecule has 2 fully saturated rings. The molecule has 4 nitrogen and oxygen atoms in total. The molecular formula is C17H35N3O. The van der Waals surface area contributed by atoms with Crippen LogP contribution in [-0.2, 0) is 4.74 Å². The molecule has 2 atom stereocenters. The molecule has 0 aliphatic carbocycles. The topological polar surface area (TPSA) is 27.7 Å². The van der Waals surface area contributed by atoms with Crippen molar-refractivity contribution in [1.82, 2.24) is 15.1 Å². The van der Waals surface area contributed by atoms with Crippen molar-refractivity contribution in [3.63, 3.8) is 0 Å². The average Bonchev–Trinajstić information content (AvgIpc) is 2.47. The van der Waals surface area contributed by atoms with E-state index in [9.17, 15) is 0 Å². The first-order chi connectivity index (χ1) is 10.2. The highest BCUT2D eigenvalue weighted by Crippen LogP contribution is 2.15. The lowest BCUT2D eigenvalue weighted by molar-refractivity contribution is -0.0523. The Bertz CT molecular complexity index is 279. The number of nitrogens with one attached hydrogen (secondary N) is 1. The van der Waals surface area contributed by atoms with Gasteiger partial charge in [0.1, 0.15) is 0 Å². The number of piperidine rings is 1. The third kappa shape index (κ3) is 5.85. The van der Waals surface area contributed by atoms with Crippen LogP contribution in [0.1, 0.15) is 40.0 Å². The summed E-state index contributed by atoms with van der Waals surface area (Å²) < 4.78 is 6.05. The van der Waals surface area contributed by atoms with Crippen molar-refractivity contribution in [2.75, 3.05) is 52.4 Å². The summed E-state index contributed by atoms with van der Waals surface area (Å²) in [5.74, 6) is 0.748. The second-order valence-electron chi connectivity index (χ2n) is 7.14. The first-order valence-corrected chi connectivity index (χ1v) is 8.97. The lowest BCUT2D eigenvalue weighted by Gasteiger charge is -2.40. The summed E-state index contributed by atoms with van der Waals surface area (Å²) in [6, 6.07) is 0.711. The predicted molar refractivity (Wildman–Crippen MR) is 88.8 cm³/mol. The van der Waals surface area contributed by atoms with Crippen molar-refractivity contribution in [2.24, 2.45) is 5.92 Å². The molecule has 0 aromatic carbocycles. The number of ether oxygens (including phenoxy) is 1. The Balaban J connectivity index is 1.83. The maximum atomic E-state index is 6.05. The van der Waals surface area contributed by atoms with Gasteiger partial charge in [0.05, 0.1) is 12.7 Å². The molecule has 2 heterocycles. The van der Waals surface area contributed by atoms with Gasteiger partial charge in [-0.05, 0) is 38.3 Å². The van der Waals surface area contributed by atoms with Gasteiger partial charge in [0.25, 0.3) is 0 Å². The fourth-order valence-corrected chi connectivity index (χ4v) is 3.69. The van der Waals surface area contributed by atoms with Gasteiger partial charge >= 0.3 is 0 Å². The summed E-state index contributed by atoms with van der Waals surface area (Å²) in [7, 11) is 0. The van der Waals surface area contributed by atoms with Gasteiger partial charge in [0, 0.05) is 38.8 Å². The smallest absolute Gasteiger partial charge is 0.0829 e. The Kier molecular flexibility index (Phi) is 7.44. The van der Waals surface area contributed by atoms with Gasteiger partial charge in [-0.25, -0.2) is 0 Å². The number of hydrogen-bond acceptors (Lipinski definition) is 4. The number of nitrogens with zero attached hydrogens (tertiary/aromatic N) is 2. The molecule has 2 saturated heterocycles. The highest BCUT2D eigenvalue weighted by Gasteiger charge is 2.27. The molecule has 0 aromatic heterocycles. The Morgan fingerprint density at radius 3 is 2.90 bits per heavy atom. The van der Waals surface area contributed by atoms with Crippen molar-refractivity contribution < 1.29 is 4.74 Å². The maximum absolute atomic E-state index is 6.05. The number of hydrogen-bond donors (Lipinski definition) is 1. The van der Waals surface area contributed by atoms with Crippen LogP contribution in [0.25, 0.3) is 0 Å². The molecule has 2 aliphatic heterocycles. The molecule has 124 valence electrons. The summed E-state index contributed by atoms with van der Waals surface area (Å²) in [6.07, 6.45) is 4.29. The van der Waals surface area contributed by atoms with Crippen molar-refractivity contribution in [1.29, 1.82) is 0 Å². The third-order valence-corrected chi connectivity index (χ3v) is 4.58. The second-order valence-corrected chi connectivity index (χ2v) is 7.14. The number of morpholine rings is 1. The summed E-state index contributed by atoms with van der Waals surface area (Å²) >= 11 is 0. The van der Waals surface area contributed by atoms with Crippen LogP contribution in [0.5, 0.6) is 0 Å². The zero-order valence-corrected chi connectivity index (χ0v) is 14.3. The van der Waals surface area contributed by atoms with Crippen LogP contribution in [0.15, 0.2) is 0 Å². The summed E-state index contributed by atoms with van der Waals surface area (Å²) in [5.41, 5.74) is 0. The largest absolute Gasteiger partial charge is 0.374 e. The highest BCUT2D eigenvalue weighted by atomic mass is 16.5. The lowest BCUT2D eigenvalue weighted by atomic mass is 10.0. The SMILES string of the molecule is CCCN(CC1CN(CC(C)C)CCO1)C1CCCNC1. The van der Waals surface area contributed by atoms with E-state index in [0.29, 0.717) is 12.1 Å². The van der Waals surface area contributed by atoms with Gasteiger partial charge in [-0.1, -0.05) is 20.8 Å². The minimum absolute atomic E-state index is 0.394. The molecule has 2 aliphatic rings. The quantitative estimate of drug-likeness (QED) is 0.775. The minimum Gasteiger partial charge on any atom is -0.374 e. The van der Waals surface area contributed by atoms with Crippen LogP contribution in [0.3, 0.4) is 0 Å². The van der Waals surface area contributed by atoms with Crippen molar-refractivity contribution in [2.45, 2.75) is 52.2 Å². The monoisotopic (exact) mass is 297 g/mol. The van der Waals surface area contributed by atoms with Gasteiger partial charge in [-0.15, -0.1) is 0 Å². The Hall–Kier alpha value is -0.160. The van der Waals surface area contributed by atoms with Gasteiger partial charge < -0.3 is 10.1 Å². The zero-order valence-electron chi connectivity index (χ0n) is 14.3. The van der Waals surface area contributed by atoms with Gasteiger partial charge in [-0.3, -0.25) is 9.80 Å². The molecule has 0 radical (unpaired) electrons. The van der Waals surface area contributed by atoms with Crippen LogP contribution in [0.4, 0.5) is 0 Å². The molecule has 4 heteroatoms. The Morgan fingerprint density at radius 2 is 2.24 bits per heavy atom. The third-order valence-electron chi connectivity index (χ3n) is 4.58. The standard InChI is InChI=1S/C17H35N3O/c1-4-8-20(16-6-5-7-18-11-16)14-17-13-19(9-10-21-17)12-15(2)3/h15-18H,4-14H2,1-3H3. The average molecular weight is 297 g/mol.